The van der Waals surface area contributed by atoms with Gasteiger partial charge in [0.2, 0.25) is 10.0 Å². The summed E-state index contributed by atoms with van der Waals surface area (Å²) in [6, 6.07) is 11.8. The van der Waals surface area contributed by atoms with E-state index in [0.29, 0.717) is 36.2 Å². The van der Waals surface area contributed by atoms with Gasteiger partial charge in [0.05, 0.1) is 15.1 Å². The van der Waals surface area contributed by atoms with Crippen LogP contribution in [0.1, 0.15) is 30.6 Å². The molecule has 2 atom stereocenters. The molecule has 164 valence electrons. The fraction of sp³-hybridized carbons (Fsp3) is 0.364. The normalized spacial score (nSPS) is 20.1. The van der Waals surface area contributed by atoms with Crippen molar-refractivity contribution in [3.63, 3.8) is 0 Å². The number of aromatic nitrogens is 1. The molecule has 4 rings (SSSR count). The number of thioether (sulfide) groups is 1. The molecule has 0 bridgehead atoms. The lowest BCUT2D eigenvalue weighted by Gasteiger charge is -2.34. The highest BCUT2D eigenvalue weighted by Crippen LogP contribution is 2.30. The average molecular weight is 476 g/mol. The number of nitrogens with zero attached hydrogens (tertiary/aromatic N) is 2. The molecule has 6 nitrogen and oxygen atoms in total. The van der Waals surface area contributed by atoms with Crippen LogP contribution in [0.5, 0.6) is 0 Å². The minimum atomic E-state index is -3.64. The van der Waals surface area contributed by atoms with E-state index < -0.39 is 10.0 Å². The molecule has 1 saturated heterocycles. The first-order valence-corrected chi connectivity index (χ1v) is 13.6. The number of nitrogens with one attached hydrogen (secondary N) is 1. The van der Waals surface area contributed by atoms with Gasteiger partial charge in [-0.1, -0.05) is 31.7 Å². The van der Waals surface area contributed by atoms with Crippen molar-refractivity contribution in [1.29, 1.82) is 0 Å². The maximum absolute atomic E-state index is 13.2. The number of thiazole rings is 1. The van der Waals surface area contributed by atoms with Gasteiger partial charge in [0, 0.05) is 24.3 Å². The molecule has 1 fully saturated rings. The summed E-state index contributed by atoms with van der Waals surface area (Å²) in [7, 11) is -3.64. The molecule has 0 radical (unpaired) electrons. The molecular formula is C22H25N3O3S3. The van der Waals surface area contributed by atoms with Gasteiger partial charge in [0.15, 0.2) is 4.34 Å². The molecule has 3 aromatic rings. The van der Waals surface area contributed by atoms with Crippen LogP contribution in [-0.2, 0) is 10.0 Å². The zero-order valence-corrected chi connectivity index (χ0v) is 20.1. The first-order chi connectivity index (χ1) is 14.8. The Kier molecular flexibility index (Phi) is 6.39. The number of carbonyl (C=O) groups excluding carboxylic acids is 1. The number of carbonyl (C=O) groups is 1. The van der Waals surface area contributed by atoms with Crippen LogP contribution in [0.15, 0.2) is 51.7 Å². The van der Waals surface area contributed by atoms with Crippen molar-refractivity contribution in [3.05, 3.63) is 48.0 Å². The van der Waals surface area contributed by atoms with Crippen LogP contribution in [0.4, 0.5) is 5.69 Å². The van der Waals surface area contributed by atoms with Crippen LogP contribution >= 0.6 is 23.1 Å². The number of benzene rings is 2. The van der Waals surface area contributed by atoms with Gasteiger partial charge in [-0.15, -0.1) is 11.3 Å². The Morgan fingerprint density at radius 3 is 2.61 bits per heavy atom. The molecule has 1 aliphatic rings. The van der Waals surface area contributed by atoms with E-state index in [1.165, 1.54) is 6.07 Å². The van der Waals surface area contributed by atoms with E-state index in [0.717, 1.165) is 21.0 Å². The first-order valence-electron chi connectivity index (χ1n) is 10.1. The van der Waals surface area contributed by atoms with Crippen molar-refractivity contribution >= 4 is 54.9 Å². The molecule has 1 aliphatic heterocycles. The maximum atomic E-state index is 13.2. The van der Waals surface area contributed by atoms with Crippen LogP contribution in [0.3, 0.4) is 0 Å². The van der Waals surface area contributed by atoms with Gasteiger partial charge in [-0.3, -0.25) is 4.79 Å². The monoisotopic (exact) mass is 475 g/mol. The second-order valence-corrected chi connectivity index (χ2v) is 12.1. The molecule has 9 heteroatoms. The number of fused-ring (bicyclic) bond motifs is 1. The van der Waals surface area contributed by atoms with Crippen molar-refractivity contribution < 1.29 is 13.2 Å². The van der Waals surface area contributed by atoms with Gasteiger partial charge < -0.3 is 5.32 Å². The number of hydrogen-bond donors (Lipinski definition) is 1. The van der Waals surface area contributed by atoms with Gasteiger partial charge >= 0.3 is 0 Å². The smallest absolute Gasteiger partial charge is 0.255 e. The third kappa shape index (κ3) is 4.79. The Balaban J connectivity index is 1.55. The second-order valence-electron chi connectivity index (χ2n) is 8.12. The van der Waals surface area contributed by atoms with E-state index in [4.69, 9.17) is 0 Å². The minimum Gasteiger partial charge on any atom is -0.322 e. The third-order valence-corrected chi connectivity index (χ3v) is 9.20. The SMILES string of the molecule is CSc1nc2ccc(NC(=O)c3cccc(S(=O)(=O)N4CC(C)CC(C)C4)c3)cc2s1. The molecule has 0 spiro atoms. The molecule has 0 saturated carbocycles. The van der Waals surface area contributed by atoms with Gasteiger partial charge in [-0.05, 0) is 60.9 Å². The summed E-state index contributed by atoms with van der Waals surface area (Å²) in [5.41, 5.74) is 1.86. The number of piperidine rings is 1. The van der Waals surface area contributed by atoms with Crippen LogP contribution < -0.4 is 5.32 Å². The lowest BCUT2D eigenvalue weighted by molar-refractivity contribution is 0.102. The van der Waals surface area contributed by atoms with Gasteiger partial charge in [0.1, 0.15) is 0 Å². The molecule has 0 aliphatic carbocycles. The number of amides is 1. The van der Waals surface area contributed by atoms with Crippen LogP contribution in [-0.4, -0.2) is 43.0 Å². The summed E-state index contributed by atoms with van der Waals surface area (Å²) < 4.78 is 29.9. The average Bonchev–Trinajstić information content (AvgIpc) is 3.15. The molecule has 2 aromatic carbocycles. The number of rotatable bonds is 5. The lowest BCUT2D eigenvalue weighted by Crippen LogP contribution is -2.42. The quantitative estimate of drug-likeness (QED) is 0.529. The zero-order valence-electron chi connectivity index (χ0n) is 17.7. The Morgan fingerprint density at radius 2 is 1.90 bits per heavy atom. The van der Waals surface area contributed by atoms with E-state index in [-0.39, 0.29) is 10.8 Å². The second kappa shape index (κ2) is 8.90. The predicted octanol–water partition coefficient (Wildman–Crippen LogP) is 4.94. The van der Waals surface area contributed by atoms with Gasteiger partial charge in [-0.2, -0.15) is 4.31 Å². The summed E-state index contributed by atoms with van der Waals surface area (Å²) >= 11 is 3.16. The molecule has 2 unspecified atom stereocenters. The summed E-state index contributed by atoms with van der Waals surface area (Å²) in [6.07, 6.45) is 3.00. The number of hydrogen-bond acceptors (Lipinski definition) is 6. The highest BCUT2D eigenvalue weighted by molar-refractivity contribution is 8.00. The van der Waals surface area contributed by atoms with E-state index in [1.54, 1.807) is 51.7 Å². The molecule has 1 N–H and O–H groups in total. The van der Waals surface area contributed by atoms with Crippen LogP contribution in [0, 0.1) is 11.8 Å². The van der Waals surface area contributed by atoms with Crippen molar-refractivity contribution in [3.8, 4) is 0 Å². The van der Waals surface area contributed by atoms with Crippen LogP contribution in [0.2, 0.25) is 0 Å². The van der Waals surface area contributed by atoms with Gasteiger partial charge in [-0.25, -0.2) is 13.4 Å². The Labute approximate surface area is 191 Å². The van der Waals surface area contributed by atoms with E-state index in [1.807, 2.05) is 18.4 Å². The Morgan fingerprint density at radius 1 is 1.16 bits per heavy atom. The van der Waals surface area contributed by atoms with Crippen molar-refractivity contribution in [2.45, 2.75) is 29.5 Å². The standard InChI is InChI=1S/C22H25N3O3S3/c1-14-9-15(2)13-25(12-14)31(27,28)18-6-4-5-16(10-18)21(26)23-17-7-8-19-20(11-17)30-22(24-19)29-3/h4-8,10-11,14-15H,9,12-13H2,1-3H3,(H,23,26). The molecule has 2 heterocycles. The summed E-state index contributed by atoms with van der Waals surface area (Å²) in [5.74, 6) is 0.294. The number of anilines is 1. The fourth-order valence-corrected chi connectivity index (χ4v) is 7.28. The van der Waals surface area contributed by atoms with Crippen LogP contribution in [0.25, 0.3) is 10.2 Å². The van der Waals surface area contributed by atoms with Crippen molar-refractivity contribution in [1.82, 2.24) is 9.29 Å². The Hall–Kier alpha value is -1.94. The van der Waals surface area contributed by atoms with Crippen molar-refractivity contribution in [2.75, 3.05) is 24.7 Å². The van der Waals surface area contributed by atoms with E-state index in [9.17, 15) is 13.2 Å². The highest BCUT2D eigenvalue weighted by atomic mass is 32.2. The van der Waals surface area contributed by atoms with Crippen molar-refractivity contribution in [2.24, 2.45) is 11.8 Å². The predicted molar refractivity (Wildman–Crippen MR) is 128 cm³/mol. The third-order valence-electron chi connectivity index (χ3n) is 5.37. The molecule has 31 heavy (non-hydrogen) atoms. The first kappa shape index (κ1) is 22.3. The lowest BCUT2D eigenvalue weighted by atomic mass is 9.94. The molecule has 1 amide bonds. The zero-order chi connectivity index (χ0) is 22.2. The maximum Gasteiger partial charge on any atom is 0.255 e. The summed E-state index contributed by atoms with van der Waals surface area (Å²) in [5, 5.41) is 2.87. The fourth-order valence-electron chi connectivity index (χ4n) is 4.02. The topological polar surface area (TPSA) is 79.4 Å². The summed E-state index contributed by atoms with van der Waals surface area (Å²) in [6.45, 7) is 5.17. The minimum absolute atomic E-state index is 0.156. The van der Waals surface area contributed by atoms with Gasteiger partial charge in [0.25, 0.3) is 5.91 Å². The molecule has 1 aromatic heterocycles. The highest BCUT2D eigenvalue weighted by Gasteiger charge is 2.32. The van der Waals surface area contributed by atoms with E-state index >= 15 is 0 Å². The van der Waals surface area contributed by atoms with E-state index in [2.05, 4.69) is 24.1 Å². The molecular weight excluding hydrogens is 450 g/mol. The summed E-state index contributed by atoms with van der Waals surface area (Å²) in [4.78, 5) is 17.5. The largest absolute Gasteiger partial charge is 0.322 e. The Bertz CT molecular complexity index is 1210. The number of sulfonamides is 1.